The molecule has 8 heteroatoms. The highest BCUT2D eigenvalue weighted by Crippen LogP contribution is 2.24. The number of furan rings is 1. The molecule has 0 aromatic carbocycles. The largest absolute Gasteiger partial charge is 0.475 e. The van der Waals surface area contributed by atoms with Gasteiger partial charge in [0.1, 0.15) is 5.76 Å². The number of rotatable bonds is 7. The molecule has 0 aliphatic heterocycles. The fourth-order valence-corrected chi connectivity index (χ4v) is 3.55. The molecule has 0 aliphatic carbocycles. The average molecular weight is 346 g/mol. The highest BCUT2D eigenvalue weighted by molar-refractivity contribution is 7.99. The highest BCUT2D eigenvalue weighted by Gasteiger charge is 2.10. The van der Waals surface area contributed by atoms with Crippen LogP contribution in [0.15, 0.2) is 28.7 Å². The number of hydrogen-bond donors (Lipinski definition) is 2. The van der Waals surface area contributed by atoms with Crippen LogP contribution in [0, 0.1) is 0 Å². The number of nitrogens with one attached hydrogen (secondary N) is 1. The van der Waals surface area contributed by atoms with E-state index in [0.717, 1.165) is 15.0 Å². The minimum atomic E-state index is -1.13. The van der Waals surface area contributed by atoms with Gasteiger partial charge in [-0.25, -0.2) is 4.79 Å². The van der Waals surface area contributed by atoms with Gasteiger partial charge in [-0.2, -0.15) is 0 Å². The van der Waals surface area contributed by atoms with Crippen molar-refractivity contribution in [2.75, 3.05) is 5.75 Å². The zero-order valence-electron chi connectivity index (χ0n) is 10.8. The average Bonchev–Trinajstić information content (AvgIpc) is 3.05. The number of carbonyl (C=O) groups excluding carboxylic acids is 1. The molecule has 2 aromatic rings. The predicted octanol–water partition coefficient (Wildman–Crippen LogP) is 3.24. The van der Waals surface area contributed by atoms with Gasteiger partial charge in [0.15, 0.2) is 0 Å². The Bertz CT molecular complexity index is 638. The van der Waals surface area contributed by atoms with Crippen LogP contribution in [0.5, 0.6) is 0 Å². The van der Waals surface area contributed by atoms with Crippen LogP contribution in [0.2, 0.25) is 4.34 Å². The summed E-state index contributed by atoms with van der Waals surface area (Å²) in [7, 11) is 0. The van der Waals surface area contributed by atoms with Crippen molar-refractivity contribution in [3.8, 4) is 0 Å². The van der Waals surface area contributed by atoms with E-state index in [4.69, 9.17) is 21.1 Å². The van der Waals surface area contributed by atoms with E-state index >= 15 is 0 Å². The fourth-order valence-electron chi connectivity index (χ4n) is 1.50. The normalized spacial score (nSPS) is 10.5. The van der Waals surface area contributed by atoms with Crippen LogP contribution in [0.4, 0.5) is 0 Å². The molecule has 21 heavy (non-hydrogen) atoms. The first kappa shape index (κ1) is 15.9. The molecule has 0 bridgehead atoms. The molecule has 0 unspecified atom stereocenters. The second kappa shape index (κ2) is 7.53. The van der Waals surface area contributed by atoms with E-state index in [-0.39, 0.29) is 18.2 Å². The van der Waals surface area contributed by atoms with Crippen molar-refractivity contribution < 1.29 is 19.1 Å². The molecule has 2 heterocycles. The summed E-state index contributed by atoms with van der Waals surface area (Å²) in [6, 6.07) is 6.66. The molecule has 2 N–H and O–H groups in total. The van der Waals surface area contributed by atoms with E-state index in [1.807, 2.05) is 12.1 Å². The van der Waals surface area contributed by atoms with E-state index in [1.54, 1.807) is 0 Å². The maximum absolute atomic E-state index is 11.6. The Morgan fingerprint density at radius 2 is 2.14 bits per heavy atom. The molecule has 112 valence electrons. The summed E-state index contributed by atoms with van der Waals surface area (Å²) in [5.74, 6) is 0.0733. The number of carbonyl (C=O) groups is 2. The van der Waals surface area contributed by atoms with E-state index < -0.39 is 5.97 Å². The van der Waals surface area contributed by atoms with Crippen molar-refractivity contribution in [2.24, 2.45) is 0 Å². The Balaban J connectivity index is 1.68. The third-order valence-corrected chi connectivity index (χ3v) is 4.83. The van der Waals surface area contributed by atoms with Gasteiger partial charge in [-0.05, 0) is 24.3 Å². The number of thioether (sulfide) groups is 1. The second-order valence-electron chi connectivity index (χ2n) is 4.05. The van der Waals surface area contributed by atoms with Crippen molar-refractivity contribution in [1.82, 2.24) is 5.32 Å². The van der Waals surface area contributed by atoms with Crippen LogP contribution in [-0.4, -0.2) is 22.7 Å². The summed E-state index contributed by atoms with van der Waals surface area (Å²) >= 11 is 8.81. The first-order valence-corrected chi connectivity index (χ1v) is 8.30. The third kappa shape index (κ3) is 5.11. The van der Waals surface area contributed by atoms with E-state index in [9.17, 15) is 9.59 Å². The first-order valence-electron chi connectivity index (χ1n) is 5.95. The van der Waals surface area contributed by atoms with Gasteiger partial charge >= 0.3 is 5.97 Å². The minimum Gasteiger partial charge on any atom is -0.475 e. The number of carboxylic acid groups (broad SMARTS) is 1. The number of amides is 1. The lowest BCUT2D eigenvalue weighted by atomic mass is 10.4. The van der Waals surface area contributed by atoms with Gasteiger partial charge in [-0.3, -0.25) is 4.79 Å². The molecule has 0 spiro atoms. The Morgan fingerprint density at radius 3 is 2.76 bits per heavy atom. The topological polar surface area (TPSA) is 79.5 Å². The van der Waals surface area contributed by atoms with E-state index in [1.165, 1.54) is 35.2 Å². The van der Waals surface area contributed by atoms with Crippen molar-refractivity contribution in [1.29, 1.82) is 0 Å². The van der Waals surface area contributed by atoms with Crippen molar-refractivity contribution in [3.63, 3.8) is 0 Å². The lowest BCUT2D eigenvalue weighted by molar-refractivity contribution is -0.118. The van der Waals surface area contributed by atoms with Crippen molar-refractivity contribution in [3.05, 3.63) is 45.0 Å². The molecular weight excluding hydrogens is 334 g/mol. The van der Waals surface area contributed by atoms with Gasteiger partial charge in [-0.15, -0.1) is 23.1 Å². The SMILES string of the molecule is O=C(CSCc1ccc(Cl)s1)NCc1ccc(C(=O)O)o1. The minimum absolute atomic E-state index is 0.129. The molecule has 2 rings (SSSR count). The number of halogens is 1. The van der Waals surface area contributed by atoms with Crippen LogP contribution in [0.3, 0.4) is 0 Å². The molecule has 0 radical (unpaired) electrons. The monoisotopic (exact) mass is 345 g/mol. The lowest BCUT2D eigenvalue weighted by Crippen LogP contribution is -2.24. The van der Waals surface area contributed by atoms with Gasteiger partial charge in [0.05, 0.1) is 16.6 Å². The van der Waals surface area contributed by atoms with Crippen LogP contribution in [0.25, 0.3) is 0 Å². The van der Waals surface area contributed by atoms with Crippen molar-refractivity contribution >= 4 is 46.6 Å². The quantitative estimate of drug-likeness (QED) is 0.805. The first-order chi connectivity index (χ1) is 10.0. The second-order valence-corrected chi connectivity index (χ2v) is 6.83. The number of thiophene rings is 1. The zero-order valence-corrected chi connectivity index (χ0v) is 13.2. The zero-order chi connectivity index (χ0) is 15.2. The molecule has 2 aromatic heterocycles. The Labute approximate surface area is 134 Å². The molecule has 0 fully saturated rings. The third-order valence-electron chi connectivity index (χ3n) is 2.44. The highest BCUT2D eigenvalue weighted by atomic mass is 35.5. The lowest BCUT2D eigenvalue weighted by Gasteiger charge is -2.02. The smallest absolute Gasteiger partial charge is 0.371 e. The van der Waals surface area contributed by atoms with Gasteiger partial charge < -0.3 is 14.8 Å². The Hall–Kier alpha value is -1.44. The number of aromatic carboxylic acids is 1. The molecule has 1 amide bonds. The van der Waals surface area contributed by atoms with E-state index in [0.29, 0.717) is 11.5 Å². The molecule has 0 saturated heterocycles. The summed E-state index contributed by atoms with van der Waals surface area (Å²) < 4.78 is 5.78. The van der Waals surface area contributed by atoms with Crippen LogP contribution >= 0.6 is 34.7 Å². The maximum atomic E-state index is 11.6. The summed E-state index contributed by atoms with van der Waals surface area (Å²) in [4.78, 5) is 23.4. The summed E-state index contributed by atoms with van der Waals surface area (Å²) in [6.45, 7) is 0.178. The van der Waals surface area contributed by atoms with Crippen LogP contribution in [-0.2, 0) is 17.1 Å². The molecule has 0 saturated carbocycles. The molecule has 0 atom stereocenters. The summed E-state index contributed by atoms with van der Waals surface area (Å²) in [6.07, 6.45) is 0. The van der Waals surface area contributed by atoms with Crippen LogP contribution in [0.1, 0.15) is 21.2 Å². The van der Waals surface area contributed by atoms with Crippen molar-refractivity contribution in [2.45, 2.75) is 12.3 Å². The van der Waals surface area contributed by atoms with Gasteiger partial charge in [0.25, 0.3) is 0 Å². The van der Waals surface area contributed by atoms with E-state index in [2.05, 4.69) is 5.32 Å². The molecule has 5 nitrogen and oxygen atoms in total. The van der Waals surface area contributed by atoms with Gasteiger partial charge in [-0.1, -0.05) is 11.6 Å². The Morgan fingerprint density at radius 1 is 1.33 bits per heavy atom. The molecule has 0 aliphatic rings. The Kier molecular flexibility index (Phi) is 5.72. The predicted molar refractivity (Wildman–Crippen MR) is 83.0 cm³/mol. The number of hydrogen-bond acceptors (Lipinski definition) is 5. The van der Waals surface area contributed by atoms with Gasteiger partial charge in [0.2, 0.25) is 11.7 Å². The summed E-state index contributed by atoms with van der Waals surface area (Å²) in [5, 5.41) is 11.4. The fraction of sp³-hybridized carbons (Fsp3) is 0.231. The maximum Gasteiger partial charge on any atom is 0.371 e. The number of carboxylic acids is 1. The standard InChI is InChI=1S/C13H12ClNO4S2/c14-11-4-2-9(21-11)6-20-7-12(16)15-5-8-1-3-10(19-8)13(17)18/h1-4H,5-7H2,(H,15,16)(H,17,18). The van der Waals surface area contributed by atoms with Gasteiger partial charge in [0, 0.05) is 10.6 Å². The molecular formula is C13H12ClNO4S2. The summed E-state index contributed by atoms with van der Waals surface area (Å²) in [5.41, 5.74) is 0. The van der Waals surface area contributed by atoms with Crippen LogP contribution < -0.4 is 5.32 Å².